The van der Waals surface area contributed by atoms with Gasteiger partial charge in [-0.3, -0.25) is 4.79 Å². The molecule has 2 aliphatic rings. The largest absolute Gasteiger partial charge is 0.337 e. The lowest BCUT2D eigenvalue weighted by atomic mass is 9.79. The summed E-state index contributed by atoms with van der Waals surface area (Å²) in [7, 11) is 0. The topological polar surface area (TPSA) is 44.1 Å². The Morgan fingerprint density at radius 3 is 2.56 bits per heavy atom. The molecule has 2 rings (SSSR count). The lowest BCUT2D eigenvalue weighted by Gasteiger charge is -2.28. The molecule has 1 saturated carbocycles. The van der Waals surface area contributed by atoms with E-state index >= 15 is 0 Å². The normalized spacial score (nSPS) is 29.0. The van der Waals surface area contributed by atoms with E-state index in [9.17, 15) is 4.79 Å². The van der Waals surface area contributed by atoms with Gasteiger partial charge < -0.3 is 4.90 Å². The second kappa shape index (κ2) is 6.05. The Labute approximate surface area is 122 Å². The molecule has 2 atom stereocenters. The van der Waals surface area contributed by atoms with Gasteiger partial charge in [-0.05, 0) is 11.8 Å². The van der Waals surface area contributed by atoms with Gasteiger partial charge >= 0.3 is 0 Å². The summed E-state index contributed by atoms with van der Waals surface area (Å²) in [6.07, 6.45) is 6.66. The Kier molecular flexibility index (Phi) is 4.66. The van der Waals surface area contributed by atoms with Crippen molar-refractivity contribution in [3.63, 3.8) is 0 Å². The fourth-order valence-corrected chi connectivity index (χ4v) is 4.49. The summed E-state index contributed by atoms with van der Waals surface area (Å²) in [6, 6.07) is 1.86. The Bertz CT molecular complexity index is 382. The molecule has 18 heavy (non-hydrogen) atoms. The van der Waals surface area contributed by atoms with Crippen LogP contribution in [0.2, 0.25) is 0 Å². The van der Waals surface area contributed by atoms with E-state index in [2.05, 4.69) is 29.2 Å². The van der Waals surface area contributed by atoms with Gasteiger partial charge in [-0.2, -0.15) is 5.26 Å². The molecule has 3 nitrogen and oxygen atoms in total. The van der Waals surface area contributed by atoms with Crippen LogP contribution in [0.15, 0.2) is 12.2 Å². The Hall–Kier alpha value is -0.570. The van der Waals surface area contributed by atoms with Gasteiger partial charge in [0.1, 0.15) is 11.6 Å². The van der Waals surface area contributed by atoms with Crippen LogP contribution in [0.5, 0.6) is 0 Å². The second-order valence-electron chi connectivity index (χ2n) is 5.38. The molecule has 2 unspecified atom stereocenters. The number of nitrogens with zero attached hydrogens (tertiary/aromatic N) is 2. The molecule has 1 amide bonds. The number of hydrogen-bond acceptors (Lipinski definition) is 2. The average Bonchev–Trinajstić information content (AvgIpc) is 2.80. The summed E-state index contributed by atoms with van der Waals surface area (Å²) in [6.45, 7) is 5.12. The van der Waals surface area contributed by atoms with Gasteiger partial charge in [0.2, 0.25) is 0 Å². The van der Waals surface area contributed by atoms with Gasteiger partial charge in [0.05, 0.1) is 0 Å². The summed E-state index contributed by atoms with van der Waals surface area (Å²) in [5.41, 5.74) is 0.0721. The number of amides is 1. The Morgan fingerprint density at radius 2 is 1.94 bits per heavy atom. The number of alkyl halides is 1. The molecule has 1 aliphatic carbocycles. The van der Waals surface area contributed by atoms with Gasteiger partial charge in [0, 0.05) is 17.0 Å². The molecule has 0 aromatic carbocycles. The molecule has 4 heteroatoms. The van der Waals surface area contributed by atoms with Gasteiger partial charge in [-0.1, -0.05) is 61.3 Å². The first-order chi connectivity index (χ1) is 8.63. The third-order valence-corrected chi connectivity index (χ3v) is 5.54. The molecule has 0 bridgehead atoms. The van der Waals surface area contributed by atoms with Crippen LogP contribution < -0.4 is 0 Å². The van der Waals surface area contributed by atoms with Gasteiger partial charge in [-0.15, -0.1) is 0 Å². The second-order valence-corrected chi connectivity index (χ2v) is 6.98. The number of carbonyl (C=O) groups is 1. The number of carbonyl (C=O) groups excluding carboxylic acids is 1. The maximum atomic E-state index is 12.0. The maximum Gasteiger partial charge on any atom is 0.263 e. The highest BCUT2D eigenvalue weighted by Gasteiger charge is 2.38. The van der Waals surface area contributed by atoms with Crippen LogP contribution in [0, 0.1) is 23.2 Å². The Morgan fingerprint density at radius 1 is 1.28 bits per heavy atom. The SMILES string of the molecule is C=C(C#N)C(=O)N1CC(I)C(C2CCCCC2)C1. The van der Waals surface area contributed by atoms with Crippen molar-refractivity contribution in [1.29, 1.82) is 5.26 Å². The van der Waals surface area contributed by atoms with Crippen molar-refractivity contribution < 1.29 is 4.79 Å². The van der Waals surface area contributed by atoms with Gasteiger partial charge in [0.15, 0.2) is 0 Å². The molecule has 0 N–H and O–H groups in total. The molecule has 1 saturated heterocycles. The van der Waals surface area contributed by atoms with E-state index in [1.807, 2.05) is 11.0 Å². The molecule has 0 aromatic rings. The summed E-state index contributed by atoms with van der Waals surface area (Å²) in [5.74, 6) is 1.22. The van der Waals surface area contributed by atoms with Crippen LogP contribution in [0.25, 0.3) is 0 Å². The zero-order chi connectivity index (χ0) is 13.1. The van der Waals surface area contributed by atoms with E-state index in [1.54, 1.807) is 0 Å². The maximum absolute atomic E-state index is 12.0. The number of halogens is 1. The van der Waals surface area contributed by atoms with E-state index in [0.717, 1.165) is 19.0 Å². The zero-order valence-corrected chi connectivity index (χ0v) is 12.7. The number of hydrogen-bond donors (Lipinski definition) is 0. The zero-order valence-electron chi connectivity index (χ0n) is 10.6. The number of rotatable bonds is 2. The first-order valence-electron chi connectivity index (χ1n) is 6.66. The first kappa shape index (κ1) is 13.9. The fourth-order valence-electron chi connectivity index (χ4n) is 3.20. The van der Waals surface area contributed by atoms with Crippen LogP contribution >= 0.6 is 22.6 Å². The van der Waals surface area contributed by atoms with Crippen molar-refractivity contribution in [3.05, 3.63) is 12.2 Å². The molecule has 1 heterocycles. The van der Waals surface area contributed by atoms with E-state index in [-0.39, 0.29) is 11.5 Å². The van der Waals surface area contributed by atoms with Crippen molar-refractivity contribution in [1.82, 2.24) is 4.90 Å². The molecule has 0 aromatic heterocycles. The minimum absolute atomic E-state index is 0.0721. The van der Waals surface area contributed by atoms with Crippen LogP contribution in [0.4, 0.5) is 0 Å². The molecule has 98 valence electrons. The molecule has 2 fully saturated rings. The van der Waals surface area contributed by atoms with Gasteiger partial charge in [-0.25, -0.2) is 0 Å². The first-order valence-corrected chi connectivity index (χ1v) is 7.90. The Balaban J connectivity index is 1.98. The van der Waals surface area contributed by atoms with Crippen molar-refractivity contribution >= 4 is 28.5 Å². The van der Waals surface area contributed by atoms with Crippen molar-refractivity contribution in [3.8, 4) is 6.07 Å². The van der Waals surface area contributed by atoms with Gasteiger partial charge in [0.25, 0.3) is 5.91 Å². The fraction of sp³-hybridized carbons (Fsp3) is 0.714. The number of likely N-dealkylation sites (tertiary alicyclic amines) is 1. The highest BCUT2D eigenvalue weighted by Crippen LogP contribution is 2.38. The van der Waals surface area contributed by atoms with Crippen molar-refractivity contribution in [2.75, 3.05) is 13.1 Å². The molecule has 1 aliphatic heterocycles. The van der Waals surface area contributed by atoms with E-state index in [0.29, 0.717) is 9.84 Å². The minimum Gasteiger partial charge on any atom is -0.337 e. The quantitative estimate of drug-likeness (QED) is 0.330. The summed E-state index contributed by atoms with van der Waals surface area (Å²) in [5, 5.41) is 8.75. The third kappa shape index (κ3) is 2.87. The monoisotopic (exact) mass is 358 g/mol. The average molecular weight is 358 g/mol. The third-order valence-electron chi connectivity index (χ3n) is 4.23. The summed E-state index contributed by atoms with van der Waals surface area (Å²) in [4.78, 5) is 13.8. The van der Waals surface area contributed by atoms with Crippen LogP contribution in [0.3, 0.4) is 0 Å². The number of nitriles is 1. The van der Waals surface area contributed by atoms with Crippen molar-refractivity contribution in [2.45, 2.75) is 36.0 Å². The molecule has 0 spiro atoms. The standard InChI is InChI=1S/C14H19IN2O/c1-10(7-16)14(18)17-8-12(13(15)9-17)11-5-3-2-4-6-11/h11-13H,1-6,8-9H2. The lowest BCUT2D eigenvalue weighted by molar-refractivity contribution is -0.125. The van der Waals surface area contributed by atoms with E-state index in [1.165, 1.54) is 32.1 Å². The smallest absolute Gasteiger partial charge is 0.263 e. The lowest BCUT2D eigenvalue weighted by Crippen LogP contribution is -2.30. The highest BCUT2D eigenvalue weighted by atomic mass is 127. The molecular formula is C14H19IN2O. The van der Waals surface area contributed by atoms with Crippen molar-refractivity contribution in [2.24, 2.45) is 11.8 Å². The van der Waals surface area contributed by atoms with Crippen LogP contribution in [-0.2, 0) is 4.79 Å². The minimum atomic E-state index is -0.169. The van der Waals surface area contributed by atoms with E-state index in [4.69, 9.17) is 5.26 Å². The molecule has 0 radical (unpaired) electrons. The van der Waals surface area contributed by atoms with Crippen LogP contribution in [0.1, 0.15) is 32.1 Å². The van der Waals surface area contributed by atoms with E-state index < -0.39 is 0 Å². The summed E-state index contributed by atoms with van der Waals surface area (Å²) >= 11 is 2.47. The predicted octanol–water partition coefficient (Wildman–Crippen LogP) is 2.91. The summed E-state index contributed by atoms with van der Waals surface area (Å²) < 4.78 is 0.529. The predicted molar refractivity (Wildman–Crippen MR) is 79.2 cm³/mol. The molecular weight excluding hydrogens is 339 g/mol. The van der Waals surface area contributed by atoms with Crippen LogP contribution in [-0.4, -0.2) is 27.8 Å². The highest BCUT2D eigenvalue weighted by molar-refractivity contribution is 14.1.